The molecule has 2 heterocycles. The van der Waals surface area contributed by atoms with Crippen LogP contribution in [-0.4, -0.2) is 30.1 Å². The molecule has 0 saturated heterocycles. The van der Waals surface area contributed by atoms with E-state index in [1.54, 1.807) is 0 Å². The normalized spacial score (nSPS) is 14.3. The van der Waals surface area contributed by atoms with Crippen molar-refractivity contribution >= 4 is 33.1 Å². The maximum atomic E-state index is 4.67. The van der Waals surface area contributed by atoms with Gasteiger partial charge >= 0.3 is 0 Å². The molecule has 20 heavy (non-hydrogen) atoms. The molecule has 0 atom stereocenters. The van der Waals surface area contributed by atoms with E-state index in [0.717, 1.165) is 35.8 Å². The average Bonchev–Trinajstić information content (AvgIpc) is 2.47. The van der Waals surface area contributed by atoms with Gasteiger partial charge in [-0.05, 0) is 28.1 Å². The average molecular weight is 333 g/mol. The molecule has 0 aliphatic carbocycles. The van der Waals surface area contributed by atoms with Crippen LogP contribution in [0.4, 0.5) is 17.2 Å². The molecule has 5 heteroatoms. The van der Waals surface area contributed by atoms with Crippen molar-refractivity contribution in [3.63, 3.8) is 0 Å². The first-order valence-electron chi connectivity index (χ1n) is 6.80. The molecular weight excluding hydrogens is 316 g/mol. The lowest BCUT2D eigenvalue weighted by Gasteiger charge is -2.36. The Hall–Kier alpha value is -1.62. The van der Waals surface area contributed by atoms with Crippen LogP contribution in [0.2, 0.25) is 0 Å². The van der Waals surface area contributed by atoms with Crippen molar-refractivity contribution in [1.82, 2.24) is 9.97 Å². The van der Waals surface area contributed by atoms with Gasteiger partial charge in [-0.15, -0.1) is 0 Å². The first-order chi connectivity index (χ1) is 9.69. The highest BCUT2D eigenvalue weighted by molar-refractivity contribution is 9.10. The fourth-order valence-corrected chi connectivity index (χ4v) is 2.90. The molecule has 0 unspecified atom stereocenters. The number of hydrogen-bond donors (Lipinski definition) is 0. The molecule has 3 rings (SSSR count). The maximum Gasteiger partial charge on any atom is 0.137 e. The molecule has 0 spiro atoms. The summed E-state index contributed by atoms with van der Waals surface area (Å²) in [6.07, 6.45) is 0.835. The van der Waals surface area contributed by atoms with E-state index in [2.05, 4.69) is 73.9 Å². The van der Waals surface area contributed by atoms with Crippen molar-refractivity contribution in [2.24, 2.45) is 0 Å². The summed E-state index contributed by atoms with van der Waals surface area (Å²) in [5.41, 5.74) is 2.44. The van der Waals surface area contributed by atoms with Crippen LogP contribution in [0.1, 0.15) is 12.7 Å². The van der Waals surface area contributed by atoms with Crippen molar-refractivity contribution in [2.75, 3.05) is 29.9 Å². The van der Waals surface area contributed by atoms with E-state index >= 15 is 0 Å². The van der Waals surface area contributed by atoms with Crippen molar-refractivity contribution in [3.8, 4) is 0 Å². The third-order valence-corrected chi connectivity index (χ3v) is 3.97. The molecule has 1 aromatic heterocycles. The summed E-state index contributed by atoms with van der Waals surface area (Å²) in [5.74, 6) is 1.83. The molecule has 4 nitrogen and oxygen atoms in total. The third kappa shape index (κ3) is 2.38. The number of anilines is 3. The molecule has 0 N–H and O–H groups in total. The van der Waals surface area contributed by atoms with Gasteiger partial charge < -0.3 is 9.80 Å². The summed E-state index contributed by atoms with van der Waals surface area (Å²) < 4.78 is 0.843. The van der Waals surface area contributed by atoms with E-state index < -0.39 is 0 Å². The zero-order valence-corrected chi connectivity index (χ0v) is 13.3. The van der Waals surface area contributed by atoms with Gasteiger partial charge in [-0.3, -0.25) is 0 Å². The summed E-state index contributed by atoms with van der Waals surface area (Å²) in [5, 5.41) is 0. The van der Waals surface area contributed by atoms with Crippen LogP contribution in [0.3, 0.4) is 0 Å². The van der Waals surface area contributed by atoms with Crippen LogP contribution < -0.4 is 9.80 Å². The third-order valence-electron chi connectivity index (χ3n) is 3.56. The lowest BCUT2D eigenvalue weighted by atomic mass is 10.1. The van der Waals surface area contributed by atoms with Crippen LogP contribution in [0, 0.1) is 0 Å². The number of nitrogens with zero attached hydrogens (tertiary/aromatic N) is 4. The number of benzene rings is 1. The fourth-order valence-electron chi connectivity index (χ4n) is 2.49. The largest absolute Gasteiger partial charge is 0.371 e. The highest BCUT2D eigenvalue weighted by atomic mass is 79.9. The zero-order valence-electron chi connectivity index (χ0n) is 11.7. The lowest BCUT2D eigenvalue weighted by molar-refractivity contribution is 0.802. The van der Waals surface area contributed by atoms with E-state index in [1.807, 2.05) is 6.07 Å². The standard InChI is InChI=1S/C15H17BrN4/c1-3-14-17-13(16)10-15(18-14)20-9-8-19(2)11-6-4-5-7-12(11)20/h4-7,10H,3,8-9H2,1-2H3. The number of aryl methyl sites for hydroxylation is 1. The van der Waals surface area contributed by atoms with Gasteiger partial charge in [0.25, 0.3) is 0 Å². The second-order valence-electron chi connectivity index (χ2n) is 4.88. The van der Waals surface area contributed by atoms with Gasteiger partial charge in [0.2, 0.25) is 0 Å². The van der Waals surface area contributed by atoms with Crippen molar-refractivity contribution < 1.29 is 0 Å². The smallest absolute Gasteiger partial charge is 0.137 e. The van der Waals surface area contributed by atoms with Crippen molar-refractivity contribution in [1.29, 1.82) is 0 Å². The van der Waals surface area contributed by atoms with E-state index in [-0.39, 0.29) is 0 Å². The number of para-hydroxylation sites is 2. The second kappa shape index (κ2) is 5.40. The molecule has 1 aliphatic rings. The number of halogens is 1. The SMILES string of the molecule is CCc1nc(Br)cc(N2CCN(C)c3ccccc32)n1. The Morgan fingerprint density at radius 2 is 1.90 bits per heavy atom. The second-order valence-corrected chi connectivity index (χ2v) is 5.69. The van der Waals surface area contributed by atoms with Crippen LogP contribution in [-0.2, 0) is 6.42 Å². The number of likely N-dealkylation sites (N-methyl/N-ethyl adjacent to an activating group) is 1. The van der Waals surface area contributed by atoms with Crippen molar-refractivity contribution in [2.45, 2.75) is 13.3 Å². The monoisotopic (exact) mass is 332 g/mol. The molecule has 2 aromatic rings. The van der Waals surface area contributed by atoms with Gasteiger partial charge in [0.15, 0.2) is 0 Å². The molecule has 0 radical (unpaired) electrons. The Labute approximate surface area is 127 Å². The van der Waals surface area contributed by atoms with Gasteiger partial charge in [0, 0.05) is 32.6 Å². The predicted octanol–water partition coefficient (Wildman–Crippen LogP) is 3.39. The Balaban J connectivity index is 2.07. The molecule has 0 amide bonds. The van der Waals surface area contributed by atoms with Gasteiger partial charge in [-0.2, -0.15) is 0 Å². The zero-order chi connectivity index (χ0) is 14.1. The fraction of sp³-hybridized carbons (Fsp3) is 0.333. The Kier molecular flexibility index (Phi) is 3.61. The number of hydrogen-bond acceptors (Lipinski definition) is 4. The first kappa shape index (κ1) is 13.4. The van der Waals surface area contributed by atoms with E-state index in [1.165, 1.54) is 11.4 Å². The molecule has 1 aromatic carbocycles. The maximum absolute atomic E-state index is 4.67. The summed E-state index contributed by atoms with van der Waals surface area (Å²) in [4.78, 5) is 13.6. The Bertz CT molecular complexity index is 629. The van der Waals surface area contributed by atoms with E-state index in [9.17, 15) is 0 Å². The van der Waals surface area contributed by atoms with Gasteiger partial charge in [-0.25, -0.2) is 9.97 Å². The summed E-state index contributed by atoms with van der Waals surface area (Å²) in [6, 6.07) is 10.4. The number of aromatic nitrogens is 2. The quantitative estimate of drug-likeness (QED) is 0.789. The molecular formula is C15H17BrN4. The highest BCUT2D eigenvalue weighted by Gasteiger charge is 2.22. The molecule has 1 aliphatic heterocycles. The van der Waals surface area contributed by atoms with Gasteiger partial charge in [-0.1, -0.05) is 19.1 Å². The summed E-state index contributed by atoms with van der Waals surface area (Å²) >= 11 is 3.48. The summed E-state index contributed by atoms with van der Waals surface area (Å²) in [6.45, 7) is 3.99. The highest BCUT2D eigenvalue weighted by Crippen LogP contribution is 2.36. The first-order valence-corrected chi connectivity index (χ1v) is 7.59. The minimum absolute atomic E-state index is 0.835. The van der Waals surface area contributed by atoms with E-state index in [0.29, 0.717) is 0 Å². The van der Waals surface area contributed by atoms with Gasteiger partial charge in [0.1, 0.15) is 16.2 Å². The van der Waals surface area contributed by atoms with Crippen molar-refractivity contribution in [3.05, 3.63) is 40.8 Å². The van der Waals surface area contributed by atoms with E-state index in [4.69, 9.17) is 0 Å². The molecule has 0 fully saturated rings. The van der Waals surface area contributed by atoms with Crippen LogP contribution in [0.15, 0.2) is 34.9 Å². The van der Waals surface area contributed by atoms with Gasteiger partial charge in [0.05, 0.1) is 11.4 Å². The van der Waals surface area contributed by atoms with Crippen LogP contribution >= 0.6 is 15.9 Å². The molecule has 0 bridgehead atoms. The van der Waals surface area contributed by atoms with Crippen LogP contribution in [0.5, 0.6) is 0 Å². The van der Waals surface area contributed by atoms with Crippen LogP contribution in [0.25, 0.3) is 0 Å². The number of fused-ring (bicyclic) bond motifs is 1. The lowest BCUT2D eigenvalue weighted by Crippen LogP contribution is -2.36. The Morgan fingerprint density at radius 3 is 2.65 bits per heavy atom. The number of rotatable bonds is 2. The minimum Gasteiger partial charge on any atom is -0.371 e. The minimum atomic E-state index is 0.835. The predicted molar refractivity (Wildman–Crippen MR) is 85.8 cm³/mol. The molecule has 104 valence electrons. The topological polar surface area (TPSA) is 32.3 Å². The summed E-state index contributed by atoms with van der Waals surface area (Å²) in [7, 11) is 2.13. The Morgan fingerprint density at radius 1 is 1.15 bits per heavy atom. The molecule has 0 saturated carbocycles.